The maximum Gasteiger partial charge on any atom is 0.337 e. The molecule has 0 bridgehead atoms. The summed E-state index contributed by atoms with van der Waals surface area (Å²) in [6.45, 7) is 0.747. The molecule has 0 fully saturated rings. The van der Waals surface area contributed by atoms with E-state index in [0.29, 0.717) is 5.56 Å². The van der Waals surface area contributed by atoms with Crippen molar-refractivity contribution in [2.45, 2.75) is 0 Å². The number of carboxylic acids is 1. The first kappa shape index (κ1) is 9.95. The molecule has 13 heavy (non-hydrogen) atoms. The molecule has 0 aliphatic rings. The normalized spacial score (nSPS) is 10.8. The smallest absolute Gasteiger partial charge is 0.337 e. The van der Waals surface area contributed by atoms with E-state index in [1.165, 1.54) is 11.3 Å². The minimum atomic E-state index is -0.870. The number of hydrogen-bond donors (Lipinski definition) is 2. The fourth-order valence-corrected chi connectivity index (χ4v) is 1.72. The Labute approximate surface area is 80.7 Å². The fourth-order valence-electron chi connectivity index (χ4n) is 0.911. The molecule has 0 saturated heterocycles. The predicted octanol–water partition coefficient (Wildman–Crippen LogP) is 1.68. The van der Waals surface area contributed by atoms with Gasteiger partial charge >= 0.3 is 5.97 Å². The molecule has 1 rings (SSSR count). The van der Waals surface area contributed by atoms with Gasteiger partial charge in [-0.15, -0.1) is 11.3 Å². The average molecular weight is 197 g/mol. The van der Waals surface area contributed by atoms with E-state index in [0.717, 1.165) is 11.4 Å². The van der Waals surface area contributed by atoms with Crippen molar-refractivity contribution < 1.29 is 9.90 Å². The molecule has 70 valence electrons. The van der Waals surface area contributed by atoms with Crippen molar-refractivity contribution >= 4 is 23.4 Å². The molecule has 0 amide bonds. The second-order valence-corrected chi connectivity index (χ2v) is 3.41. The molecule has 4 heteroatoms. The summed E-state index contributed by atoms with van der Waals surface area (Å²) in [6.07, 6.45) is 3.73. The molecular weight excluding hydrogens is 186 g/mol. The second-order valence-electron chi connectivity index (χ2n) is 2.46. The highest BCUT2D eigenvalue weighted by Gasteiger charge is 2.07. The third-order valence-corrected chi connectivity index (χ3v) is 2.40. The minimum Gasteiger partial charge on any atom is -0.478 e. The second kappa shape index (κ2) is 4.79. The third-order valence-electron chi connectivity index (χ3n) is 1.52. The number of aromatic carboxylic acids is 1. The molecule has 0 radical (unpaired) electrons. The molecule has 0 aliphatic heterocycles. The van der Waals surface area contributed by atoms with Gasteiger partial charge in [-0.2, -0.15) is 0 Å². The Hall–Kier alpha value is -1.13. The highest BCUT2D eigenvalue weighted by molar-refractivity contribution is 7.11. The zero-order valence-electron chi connectivity index (χ0n) is 7.28. The Balaban J connectivity index is 2.76. The van der Waals surface area contributed by atoms with Gasteiger partial charge in [0.05, 0.1) is 5.56 Å². The number of nitrogens with one attached hydrogen (secondary N) is 1. The fraction of sp³-hybridized carbons (Fsp3) is 0.222. The number of rotatable bonds is 4. The lowest BCUT2D eigenvalue weighted by molar-refractivity contribution is 0.0697. The van der Waals surface area contributed by atoms with Crippen molar-refractivity contribution in [1.82, 2.24) is 5.32 Å². The van der Waals surface area contributed by atoms with Crippen LogP contribution in [0.4, 0.5) is 0 Å². The van der Waals surface area contributed by atoms with Crippen LogP contribution >= 0.6 is 11.3 Å². The largest absolute Gasteiger partial charge is 0.478 e. The lowest BCUT2D eigenvalue weighted by atomic mass is 10.2. The number of carbonyl (C=O) groups is 1. The van der Waals surface area contributed by atoms with Gasteiger partial charge < -0.3 is 10.4 Å². The molecule has 0 saturated carbocycles. The molecule has 2 N–H and O–H groups in total. The zero-order chi connectivity index (χ0) is 9.68. The summed E-state index contributed by atoms with van der Waals surface area (Å²) in [5, 5.41) is 13.5. The molecule has 3 nitrogen and oxygen atoms in total. The van der Waals surface area contributed by atoms with Crippen LogP contribution < -0.4 is 5.32 Å². The molecule has 0 spiro atoms. The Morgan fingerprint density at radius 2 is 2.54 bits per heavy atom. The Morgan fingerprint density at radius 1 is 1.77 bits per heavy atom. The lowest BCUT2D eigenvalue weighted by Crippen LogP contribution is -2.03. The minimum absolute atomic E-state index is 0.373. The van der Waals surface area contributed by atoms with Crippen LogP contribution in [0.15, 0.2) is 17.5 Å². The first-order valence-corrected chi connectivity index (χ1v) is 4.75. The summed E-state index contributed by atoms with van der Waals surface area (Å²) in [7, 11) is 1.84. The topological polar surface area (TPSA) is 49.3 Å². The first-order valence-electron chi connectivity index (χ1n) is 3.87. The van der Waals surface area contributed by atoms with Gasteiger partial charge in [-0.1, -0.05) is 6.08 Å². The third kappa shape index (κ3) is 2.68. The van der Waals surface area contributed by atoms with E-state index in [9.17, 15) is 4.79 Å². The van der Waals surface area contributed by atoms with Gasteiger partial charge in [-0.05, 0) is 24.6 Å². The Kier molecular flexibility index (Phi) is 3.67. The van der Waals surface area contributed by atoms with Crippen LogP contribution in [0.25, 0.3) is 6.08 Å². The monoisotopic (exact) mass is 197 g/mol. The van der Waals surface area contributed by atoms with Gasteiger partial charge in [0.25, 0.3) is 0 Å². The van der Waals surface area contributed by atoms with Crippen molar-refractivity contribution in [1.29, 1.82) is 0 Å². The highest BCUT2D eigenvalue weighted by atomic mass is 32.1. The van der Waals surface area contributed by atoms with Gasteiger partial charge in [-0.3, -0.25) is 0 Å². The molecule has 1 aromatic heterocycles. The van der Waals surface area contributed by atoms with E-state index in [1.54, 1.807) is 11.4 Å². The maximum atomic E-state index is 10.7. The van der Waals surface area contributed by atoms with Crippen LogP contribution in [0, 0.1) is 0 Å². The average Bonchev–Trinajstić information content (AvgIpc) is 2.53. The Morgan fingerprint density at radius 3 is 3.15 bits per heavy atom. The van der Waals surface area contributed by atoms with E-state index in [2.05, 4.69) is 5.32 Å². The molecule has 0 aliphatic carbocycles. The van der Waals surface area contributed by atoms with Gasteiger partial charge in [-0.25, -0.2) is 4.79 Å². The summed E-state index contributed by atoms with van der Waals surface area (Å²) in [6, 6.07) is 1.62. The number of carboxylic acid groups (broad SMARTS) is 1. The molecule has 0 unspecified atom stereocenters. The first-order chi connectivity index (χ1) is 6.25. The van der Waals surface area contributed by atoms with E-state index >= 15 is 0 Å². The number of thiophene rings is 1. The Bertz CT molecular complexity index is 317. The zero-order valence-corrected chi connectivity index (χ0v) is 8.10. The van der Waals surface area contributed by atoms with Gasteiger partial charge in [0.1, 0.15) is 0 Å². The quantitative estimate of drug-likeness (QED) is 0.772. The van der Waals surface area contributed by atoms with Crippen molar-refractivity contribution in [2.24, 2.45) is 0 Å². The van der Waals surface area contributed by atoms with Crippen molar-refractivity contribution in [2.75, 3.05) is 13.6 Å². The van der Waals surface area contributed by atoms with E-state index < -0.39 is 5.97 Å². The van der Waals surface area contributed by atoms with Crippen molar-refractivity contribution in [3.63, 3.8) is 0 Å². The maximum absolute atomic E-state index is 10.7. The molecular formula is C9H11NO2S. The molecule has 1 heterocycles. The SMILES string of the molecule is CNCC=Cc1sccc1C(=O)O. The van der Waals surface area contributed by atoms with Crippen LogP contribution in [-0.4, -0.2) is 24.7 Å². The van der Waals surface area contributed by atoms with Crippen LogP contribution in [0.3, 0.4) is 0 Å². The molecule has 1 aromatic rings. The highest BCUT2D eigenvalue weighted by Crippen LogP contribution is 2.18. The van der Waals surface area contributed by atoms with E-state index in [-0.39, 0.29) is 0 Å². The summed E-state index contributed by atoms with van der Waals surface area (Å²) in [5.41, 5.74) is 0.373. The van der Waals surface area contributed by atoms with Crippen LogP contribution in [0.2, 0.25) is 0 Å². The van der Waals surface area contributed by atoms with Gasteiger partial charge in [0.15, 0.2) is 0 Å². The van der Waals surface area contributed by atoms with Crippen molar-refractivity contribution in [3.8, 4) is 0 Å². The summed E-state index contributed by atoms with van der Waals surface area (Å²) in [4.78, 5) is 11.5. The summed E-state index contributed by atoms with van der Waals surface area (Å²) >= 11 is 1.43. The number of likely N-dealkylation sites (N-methyl/N-ethyl adjacent to an activating group) is 1. The van der Waals surface area contributed by atoms with Crippen LogP contribution in [0.1, 0.15) is 15.2 Å². The van der Waals surface area contributed by atoms with E-state index in [1.807, 2.05) is 19.2 Å². The van der Waals surface area contributed by atoms with Gasteiger partial charge in [0, 0.05) is 11.4 Å². The molecule has 0 aromatic carbocycles. The lowest BCUT2D eigenvalue weighted by Gasteiger charge is -1.91. The number of hydrogen-bond acceptors (Lipinski definition) is 3. The standard InChI is InChI=1S/C9H11NO2S/c1-10-5-2-3-8-7(9(11)12)4-6-13-8/h2-4,6,10H,5H2,1H3,(H,11,12). The summed E-state index contributed by atoms with van der Waals surface area (Å²) < 4.78 is 0. The van der Waals surface area contributed by atoms with Crippen LogP contribution in [-0.2, 0) is 0 Å². The predicted molar refractivity (Wildman–Crippen MR) is 54.2 cm³/mol. The van der Waals surface area contributed by atoms with Crippen molar-refractivity contribution in [3.05, 3.63) is 28.0 Å². The van der Waals surface area contributed by atoms with Gasteiger partial charge in [0.2, 0.25) is 0 Å². The van der Waals surface area contributed by atoms with E-state index in [4.69, 9.17) is 5.11 Å². The van der Waals surface area contributed by atoms with Crippen LogP contribution in [0.5, 0.6) is 0 Å². The molecule has 0 atom stereocenters. The summed E-state index contributed by atoms with van der Waals surface area (Å²) in [5.74, 6) is -0.870.